The molecule has 0 atom stereocenters. The van der Waals surface area contributed by atoms with E-state index >= 15 is 0 Å². The van der Waals surface area contributed by atoms with Crippen LogP contribution in [0.25, 0.3) is 0 Å². The first kappa shape index (κ1) is 23.1. The minimum absolute atomic E-state index is 0.122. The molecule has 0 unspecified atom stereocenters. The number of pyridine rings is 1. The molecule has 4 rings (SSSR count). The summed E-state index contributed by atoms with van der Waals surface area (Å²) in [6.45, 7) is 6.27. The van der Waals surface area contributed by atoms with E-state index in [0.717, 1.165) is 54.5 Å². The Morgan fingerprint density at radius 1 is 1.06 bits per heavy atom. The first-order valence-corrected chi connectivity index (χ1v) is 11.4. The number of benzene rings is 2. The minimum atomic E-state index is -0.812. The van der Waals surface area contributed by atoms with Gasteiger partial charge in [-0.3, -0.25) is 14.7 Å². The second kappa shape index (κ2) is 10.2. The van der Waals surface area contributed by atoms with Crippen LogP contribution in [-0.4, -0.2) is 28.9 Å². The maximum Gasteiger partial charge on any atom is 0.253 e. The zero-order valence-corrected chi connectivity index (χ0v) is 19.1. The predicted molar refractivity (Wildman–Crippen MR) is 125 cm³/mol. The number of carbonyl (C=O) groups excluding carboxylic acids is 1. The first-order valence-electron chi connectivity index (χ1n) is 11.4. The van der Waals surface area contributed by atoms with E-state index in [1.54, 1.807) is 12.1 Å². The van der Waals surface area contributed by atoms with Crippen molar-refractivity contribution in [2.24, 2.45) is 0 Å². The summed E-state index contributed by atoms with van der Waals surface area (Å²) in [5.41, 5.74) is 4.91. The van der Waals surface area contributed by atoms with Crippen molar-refractivity contribution in [2.75, 3.05) is 13.1 Å². The number of aryl methyl sites for hydroxylation is 2. The van der Waals surface area contributed by atoms with E-state index in [2.05, 4.69) is 16.3 Å². The summed E-state index contributed by atoms with van der Waals surface area (Å²) in [4.78, 5) is 19.9. The van der Waals surface area contributed by atoms with Crippen molar-refractivity contribution in [1.29, 1.82) is 0 Å². The number of hydrogen-bond donors (Lipinski definition) is 1. The molecule has 1 aliphatic heterocycles. The third-order valence-electron chi connectivity index (χ3n) is 6.24. The van der Waals surface area contributed by atoms with Crippen LogP contribution in [-0.2, 0) is 13.1 Å². The van der Waals surface area contributed by atoms with Crippen molar-refractivity contribution in [3.8, 4) is 0 Å². The van der Waals surface area contributed by atoms with Crippen LogP contribution in [0.3, 0.4) is 0 Å². The number of aromatic nitrogens is 1. The van der Waals surface area contributed by atoms with E-state index in [4.69, 9.17) is 4.98 Å². The summed E-state index contributed by atoms with van der Waals surface area (Å²) < 4.78 is 27.6. The van der Waals surface area contributed by atoms with Crippen molar-refractivity contribution in [2.45, 2.75) is 45.7 Å². The van der Waals surface area contributed by atoms with Gasteiger partial charge >= 0.3 is 0 Å². The molecule has 2 aromatic carbocycles. The quantitative estimate of drug-likeness (QED) is 0.557. The molecule has 0 bridgehead atoms. The first-order chi connectivity index (χ1) is 15.9. The van der Waals surface area contributed by atoms with E-state index in [1.165, 1.54) is 0 Å². The van der Waals surface area contributed by atoms with Crippen molar-refractivity contribution in [3.63, 3.8) is 0 Å². The second-order valence-corrected chi connectivity index (χ2v) is 8.82. The summed E-state index contributed by atoms with van der Waals surface area (Å²) in [6, 6.07) is 16.1. The van der Waals surface area contributed by atoms with Gasteiger partial charge in [0, 0.05) is 30.3 Å². The maximum absolute atomic E-state index is 14.0. The number of amides is 1. The van der Waals surface area contributed by atoms with Gasteiger partial charge in [-0.1, -0.05) is 42.0 Å². The SMILES string of the molecule is Cc1cccc(CNC(=O)c2ccc(C)nc2C2CCN(Cc3cccc(F)c3F)CC2)c1. The smallest absolute Gasteiger partial charge is 0.253 e. The van der Waals surface area contributed by atoms with Gasteiger partial charge in [-0.05, 0) is 63.5 Å². The Hall–Kier alpha value is -3.12. The number of rotatable bonds is 6. The maximum atomic E-state index is 14.0. The van der Waals surface area contributed by atoms with Crippen LogP contribution in [0.1, 0.15) is 57.2 Å². The lowest BCUT2D eigenvalue weighted by Crippen LogP contribution is -2.34. The molecule has 33 heavy (non-hydrogen) atoms. The van der Waals surface area contributed by atoms with E-state index in [0.29, 0.717) is 24.2 Å². The molecule has 3 aromatic rings. The summed E-state index contributed by atoms with van der Waals surface area (Å²) in [6.07, 6.45) is 1.62. The number of carbonyl (C=O) groups is 1. The predicted octanol–water partition coefficient (Wildman–Crippen LogP) is 5.29. The van der Waals surface area contributed by atoms with Crippen molar-refractivity contribution in [1.82, 2.24) is 15.2 Å². The average molecular weight is 450 g/mol. The fraction of sp³-hybridized carbons (Fsp3) is 0.333. The number of piperidine rings is 1. The molecule has 1 N–H and O–H groups in total. The van der Waals surface area contributed by atoms with E-state index < -0.39 is 11.6 Å². The fourth-order valence-corrected chi connectivity index (χ4v) is 4.46. The average Bonchev–Trinajstić information content (AvgIpc) is 2.81. The molecular formula is C27H29F2N3O. The highest BCUT2D eigenvalue weighted by atomic mass is 19.2. The molecule has 172 valence electrons. The highest BCUT2D eigenvalue weighted by Crippen LogP contribution is 2.30. The van der Waals surface area contributed by atoms with Crippen molar-refractivity contribution >= 4 is 5.91 Å². The van der Waals surface area contributed by atoms with Crippen molar-refractivity contribution < 1.29 is 13.6 Å². The lowest BCUT2D eigenvalue weighted by atomic mass is 9.89. The van der Waals surface area contributed by atoms with Crippen LogP contribution < -0.4 is 5.32 Å². The van der Waals surface area contributed by atoms with Crippen molar-refractivity contribution in [3.05, 3.63) is 99.9 Å². The third-order valence-corrected chi connectivity index (χ3v) is 6.24. The van der Waals surface area contributed by atoms with Crippen LogP contribution in [0.2, 0.25) is 0 Å². The van der Waals surface area contributed by atoms with Gasteiger partial charge in [0.05, 0.1) is 11.3 Å². The van der Waals surface area contributed by atoms with Crippen LogP contribution in [0, 0.1) is 25.5 Å². The van der Waals surface area contributed by atoms with E-state index in [9.17, 15) is 13.6 Å². The zero-order chi connectivity index (χ0) is 23.4. The molecule has 1 amide bonds. The Bertz CT molecular complexity index is 1140. The highest BCUT2D eigenvalue weighted by Gasteiger charge is 2.26. The molecule has 0 saturated carbocycles. The number of hydrogen-bond acceptors (Lipinski definition) is 3. The van der Waals surface area contributed by atoms with Crippen LogP contribution in [0.15, 0.2) is 54.6 Å². The second-order valence-electron chi connectivity index (χ2n) is 8.82. The van der Waals surface area contributed by atoms with Gasteiger partial charge in [-0.15, -0.1) is 0 Å². The van der Waals surface area contributed by atoms with E-state index in [-0.39, 0.29) is 11.8 Å². The van der Waals surface area contributed by atoms with Crippen LogP contribution in [0.5, 0.6) is 0 Å². The molecule has 1 aliphatic rings. The molecule has 6 heteroatoms. The van der Waals surface area contributed by atoms with E-state index in [1.807, 2.05) is 44.2 Å². The summed E-state index contributed by atoms with van der Waals surface area (Å²) in [5.74, 6) is -1.55. The summed E-state index contributed by atoms with van der Waals surface area (Å²) in [5, 5.41) is 3.03. The lowest BCUT2D eigenvalue weighted by molar-refractivity contribution is 0.0948. The Morgan fingerprint density at radius 2 is 1.82 bits per heavy atom. The number of nitrogens with zero attached hydrogens (tertiary/aromatic N) is 2. The largest absolute Gasteiger partial charge is 0.348 e. The molecular weight excluding hydrogens is 420 g/mol. The van der Waals surface area contributed by atoms with Gasteiger partial charge in [0.25, 0.3) is 5.91 Å². The van der Waals surface area contributed by atoms with Gasteiger partial charge in [0.15, 0.2) is 11.6 Å². The Morgan fingerprint density at radius 3 is 2.58 bits per heavy atom. The van der Waals surface area contributed by atoms with Crippen LogP contribution in [0.4, 0.5) is 8.78 Å². The minimum Gasteiger partial charge on any atom is -0.348 e. The topological polar surface area (TPSA) is 45.2 Å². The zero-order valence-electron chi connectivity index (χ0n) is 19.1. The monoisotopic (exact) mass is 449 g/mol. The normalized spacial score (nSPS) is 14.9. The molecule has 0 spiro atoms. The molecule has 4 nitrogen and oxygen atoms in total. The Balaban J connectivity index is 1.42. The number of likely N-dealkylation sites (tertiary alicyclic amines) is 1. The molecule has 0 aliphatic carbocycles. The molecule has 0 radical (unpaired) electrons. The number of halogens is 2. The van der Waals surface area contributed by atoms with Gasteiger partial charge in [0.2, 0.25) is 0 Å². The standard InChI is InChI=1S/C27H29F2N3O/c1-18-5-3-6-20(15-18)16-30-27(33)23-10-9-19(2)31-26(23)21-11-13-32(14-12-21)17-22-7-4-8-24(28)25(22)29/h3-10,15,21H,11-14,16-17H2,1-2H3,(H,30,33). The number of nitrogens with one attached hydrogen (secondary N) is 1. The molecule has 1 saturated heterocycles. The summed E-state index contributed by atoms with van der Waals surface area (Å²) in [7, 11) is 0. The molecule has 1 aromatic heterocycles. The molecule has 1 fully saturated rings. The van der Waals surface area contributed by atoms with Gasteiger partial charge in [-0.25, -0.2) is 8.78 Å². The Labute approximate surface area is 193 Å². The third kappa shape index (κ3) is 5.63. The van der Waals surface area contributed by atoms with Gasteiger partial charge in [-0.2, -0.15) is 0 Å². The fourth-order valence-electron chi connectivity index (χ4n) is 4.46. The van der Waals surface area contributed by atoms with Gasteiger partial charge < -0.3 is 5.32 Å². The highest BCUT2D eigenvalue weighted by molar-refractivity contribution is 5.95. The lowest BCUT2D eigenvalue weighted by Gasteiger charge is -2.32. The molecule has 2 heterocycles. The Kier molecular flexibility index (Phi) is 7.14. The summed E-state index contributed by atoms with van der Waals surface area (Å²) >= 11 is 0. The van der Waals surface area contributed by atoms with Crippen LogP contribution >= 0.6 is 0 Å². The van der Waals surface area contributed by atoms with Gasteiger partial charge in [0.1, 0.15) is 0 Å².